The molecule has 0 atom stereocenters. The second-order valence-electron chi connectivity index (χ2n) is 3.46. The Bertz CT molecular complexity index is 289. The van der Waals surface area contributed by atoms with Gasteiger partial charge < -0.3 is 15.3 Å². The first-order valence-electron chi connectivity index (χ1n) is 5.41. The molecule has 0 aliphatic heterocycles. The number of likely N-dealkylation sites (N-methyl/N-ethyl adjacent to an activating group) is 1. The van der Waals surface area contributed by atoms with Gasteiger partial charge in [-0.1, -0.05) is 18.2 Å². The van der Waals surface area contributed by atoms with Crippen LogP contribution >= 0.6 is 0 Å². The molecule has 0 saturated carbocycles. The third-order valence-corrected chi connectivity index (χ3v) is 2.45. The van der Waals surface area contributed by atoms with Crippen LogP contribution in [-0.4, -0.2) is 31.9 Å². The van der Waals surface area contributed by atoms with Gasteiger partial charge in [0.1, 0.15) is 0 Å². The van der Waals surface area contributed by atoms with Crippen molar-refractivity contribution in [2.45, 2.75) is 13.5 Å². The Balaban J connectivity index is 2.88. The monoisotopic (exact) mass is 208 g/mol. The fourth-order valence-electron chi connectivity index (χ4n) is 1.73. The Morgan fingerprint density at radius 2 is 2.07 bits per heavy atom. The molecule has 3 nitrogen and oxygen atoms in total. The summed E-state index contributed by atoms with van der Waals surface area (Å²) in [6.07, 6.45) is 0. The topological polar surface area (TPSA) is 35.5 Å². The van der Waals surface area contributed by atoms with Gasteiger partial charge in [-0.05, 0) is 25.6 Å². The molecular weight excluding hydrogens is 188 g/mol. The minimum absolute atomic E-state index is 0.196. The normalized spacial score (nSPS) is 10.3. The van der Waals surface area contributed by atoms with Gasteiger partial charge in [-0.15, -0.1) is 0 Å². The zero-order valence-electron chi connectivity index (χ0n) is 9.53. The fourth-order valence-corrected chi connectivity index (χ4v) is 1.73. The first kappa shape index (κ1) is 12.0. The summed E-state index contributed by atoms with van der Waals surface area (Å²) in [7, 11) is 1.94. The van der Waals surface area contributed by atoms with Crippen LogP contribution < -0.4 is 10.2 Å². The first-order chi connectivity index (χ1) is 7.33. The van der Waals surface area contributed by atoms with E-state index in [1.165, 1.54) is 11.3 Å². The molecule has 1 rings (SSSR count). The van der Waals surface area contributed by atoms with Crippen LogP contribution in [0.15, 0.2) is 24.3 Å². The largest absolute Gasteiger partial charge is 0.395 e. The maximum atomic E-state index is 8.99. The minimum Gasteiger partial charge on any atom is -0.395 e. The van der Waals surface area contributed by atoms with Gasteiger partial charge in [0.2, 0.25) is 0 Å². The van der Waals surface area contributed by atoms with Gasteiger partial charge in [-0.25, -0.2) is 0 Å². The van der Waals surface area contributed by atoms with E-state index in [-0.39, 0.29) is 6.61 Å². The molecule has 0 amide bonds. The van der Waals surface area contributed by atoms with E-state index in [2.05, 4.69) is 29.3 Å². The van der Waals surface area contributed by atoms with Crippen molar-refractivity contribution in [3.8, 4) is 0 Å². The van der Waals surface area contributed by atoms with Crippen molar-refractivity contribution >= 4 is 5.69 Å². The molecule has 0 unspecified atom stereocenters. The number of nitrogens with one attached hydrogen (secondary N) is 1. The summed E-state index contributed by atoms with van der Waals surface area (Å²) in [6, 6.07) is 8.30. The average Bonchev–Trinajstić information content (AvgIpc) is 2.27. The predicted molar refractivity (Wildman–Crippen MR) is 64.2 cm³/mol. The van der Waals surface area contributed by atoms with Crippen LogP contribution in [0, 0.1) is 0 Å². The van der Waals surface area contributed by atoms with E-state index in [0.29, 0.717) is 6.54 Å². The lowest BCUT2D eigenvalue weighted by molar-refractivity contribution is 0.302. The molecule has 15 heavy (non-hydrogen) atoms. The summed E-state index contributed by atoms with van der Waals surface area (Å²) in [5.74, 6) is 0. The summed E-state index contributed by atoms with van der Waals surface area (Å²) in [6.45, 7) is 4.77. The van der Waals surface area contributed by atoms with E-state index in [9.17, 15) is 0 Å². The van der Waals surface area contributed by atoms with Crippen LogP contribution in [0.25, 0.3) is 0 Å². The van der Waals surface area contributed by atoms with Crippen LogP contribution in [0.3, 0.4) is 0 Å². The average molecular weight is 208 g/mol. The summed E-state index contributed by atoms with van der Waals surface area (Å²) < 4.78 is 0. The van der Waals surface area contributed by atoms with Gasteiger partial charge in [-0.2, -0.15) is 0 Å². The number of nitrogens with zero attached hydrogens (tertiary/aromatic N) is 1. The second-order valence-corrected chi connectivity index (χ2v) is 3.46. The van der Waals surface area contributed by atoms with Crippen molar-refractivity contribution in [2.24, 2.45) is 0 Å². The van der Waals surface area contributed by atoms with Crippen LogP contribution in [0.1, 0.15) is 12.5 Å². The van der Waals surface area contributed by atoms with Gasteiger partial charge in [0.05, 0.1) is 6.61 Å². The molecule has 0 spiro atoms. The van der Waals surface area contributed by atoms with Crippen LogP contribution in [0.4, 0.5) is 5.69 Å². The van der Waals surface area contributed by atoms with E-state index in [1.54, 1.807) is 0 Å². The molecule has 0 aromatic heterocycles. The standard InChI is InChI=1S/C12H20N2O/c1-3-14(8-9-15)12-7-5-4-6-11(12)10-13-2/h4-7,13,15H,3,8-10H2,1-2H3. The molecule has 1 aromatic carbocycles. The molecule has 0 heterocycles. The van der Waals surface area contributed by atoms with Crippen LogP contribution in [0.5, 0.6) is 0 Å². The maximum Gasteiger partial charge on any atom is 0.0606 e. The highest BCUT2D eigenvalue weighted by molar-refractivity contribution is 5.53. The number of hydrogen-bond donors (Lipinski definition) is 2. The Hall–Kier alpha value is -1.06. The molecule has 0 saturated heterocycles. The second kappa shape index (κ2) is 6.43. The summed E-state index contributed by atoms with van der Waals surface area (Å²) >= 11 is 0. The van der Waals surface area contributed by atoms with Crippen LogP contribution in [-0.2, 0) is 6.54 Å². The van der Waals surface area contributed by atoms with E-state index in [1.807, 2.05) is 19.2 Å². The number of benzene rings is 1. The Morgan fingerprint density at radius 1 is 1.33 bits per heavy atom. The van der Waals surface area contributed by atoms with E-state index >= 15 is 0 Å². The van der Waals surface area contributed by atoms with Crippen molar-refractivity contribution in [1.29, 1.82) is 0 Å². The summed E-state index contributed by atoms with van der Waals surface area (Å²) in [4.78, 5) is 2.19. The van der Waals surface area contributed by atoms with Crippen molar-refractivity contribution < 1.29 is 5.11 Å². The molecule has 0 aliphatic rings. The molecule has 0 aliphatic carbocycles. The Kier molecular flexibility index (Phi) is 5.15. The third kappa shape index (κ3) is 3.22. The SMILES string of the molecule is CCN(CCO)c1ccccc1CNC. The number of hydrogen-bond acceptors (Lipinski definition) is 3. The Labute approximate surface area is 91.7 Å². The van der Waals surface area contributed by atoms with Gasteiger partial charge in [-0.3, -0.25) is 0 Å². The lowest BCUT2D eigenvalue weighted by Gasteiger charge is -2.24. The minimum atomic E-state index is 0.196. The Morgan fingerprint density at radius 3 is 2.67 bits per heavy atom. The highest BCUT2D eigenvalue weighted by Crippen LogP contribution is 2.19. The van der Waals surface area contributed by atoms with Crippen molar-refractivity contribution in [3.63, 3.8) is 0 Å². The van der Waals surface area contributed by atoms with Gasteiger partial charge >= 0.3 is 0 Å². The van der Waals surface area contributed by atoms with Crippen molar-refractivity contribution in [3.05, 3.63) is 29.8 Å². The number of anilines is 1. The highest BCUT2D eigenvalue weighted by atomic mass is 16.3. The molecule has 84 valence electrons. The molecule has 0 bridgehead atoms. The quantitative estimate of drug-likeness (QED) is 0.738. The first-order valence-corrected chi connectivity index (χ1v) is 5.41. The molecule has 2 N–H and O–H groups in total. The lowest BCUT2D eigenvalue weighted by atomic mass is 10.1. The zero-order valence-corrected chi connectivity index (χ0v) is 9.53. The van der Waals surface area contributed by atoms with Crippen molar-refractivity contribution in [1.82, 2.24) is 5.32 Å². The molecule has 0 radical (unpaired) electrons. The van der Waals surface area contributed by atoms with Crippen LogP contribution in [0.2, 0.25) is 0 Å². The third-order valence-electron chi connectivity index (χ3n) is 2.45. The molecule has 1 aromatic rings. The van der Waals surface area contributed by atoms with Gasteiger partial charge in [0.15, 0.2) is 0 Å². The highest BCUT2D eigenvalue weighted by Gasteiger charge is 2.07. The predicted octanol–water partition coefficient (Wildman–Crippen LogP) is 1.22. The summed E-state index contributed by atoms with van der Waals surface area (Å²) in [5.41, 5.74) is 2.48. The van der Waals surface area contributed by atoms with Gasteiger partial charge in [0, 0.05) is 25.3 Å². The lowest BCUT2D eigenvalue weighted by Crippen LogP contribution is -2.27. The summed E-state index contributed by atoms with van der Waals surface area (Å²) in [5, 5.41) is 12.1. The zero-order chi connectivity index (χ0) is 11.1. The van der Waals surface area contributed by atoms with Gasteiger partial charge in [0.25, 0.3) is 0 Å². The molecule has 3 heteroatoms. The van der Waals surface area contributed by atoms with E-state index < -0.39 is 0 Å². The number of rotatable bonds is 6. The number of aliphatic hydroxyl groups excluding tert-OH is 1. The molecular formula is C12H20N2O. The maximum absolute atomic E-state index is 8.99. The fraction of sp³-hybridized carbons (Fsp3) is 0.500. The molecule has 0 fully saturated rings. The van der Waals surface area contributed by atoms with E-state index in [0.717, 1.165) is 13.1 Å². The number of aliphatic hydroxyl groups is 1. The van der Waals surface area contributed by atoms with Crippen molar-refractivity contribution in [2.75, 3.05) is 31.6 Å². The van der Waals surface area contributed by atoms with E-state index in [4.69, 9.17) is 5.11 Å². The number of para-hydroxylation sites is 1. The smallest absolute Gasteiger partial charge is 0.0606 e.